The second-order valence-electron chi connectivity index (χ2n) is 4.27. The Bertz CT molecular complexity index is 850. The molecule has 0 saturated carbocycles. The SMILES string of the molecule is Fc1ccc2scc3c4ccccc4nc-3c2c1. The van der Waals surface area contributed by atoms with Gasteiger partial charge in [-0.2, -0.15) is 0 Å². The second-order valence-corrected chi connectivity index (χ2v) is 5.18. The molecule has 0 spiro atoms. The molecule has 86 valence electrons. The maximum atomic E-state index is 13.4. The van der Waals surface area contributed by atoms with Gasteiger partial charge in [0.05, 0.1) is 11.2 Å². The predicted octanol–water partition coefficient (Wildman–Crippen LogP) is 4.69. The summed E-state index contributed by atoms with van der Waals surface area (Å²) >= 11 is 1.63. The predicted molar refractivity (Wildman–Crippen MR) is 73.7 cm³/mol. The lowest BCUT2D eigenvalue weighted by molar-refractivity contribution is 0.630. The molecule has 18 heavy (non-hydrogen) atoms. The van der Waals surface area contributed by atoms with Crippen LogP contribution >= 0.6 is 11.3 Å². The van der Waals surface area contributed by atoms with Gasteiger partial charge in [-0.3, -0.25) is 0 Å². The van der Waals surface area contributed by atoms with Gasteiger partial charge >= 0.3 is 0 Å². The molecule has 0 unspecified atom stereocenters. The summed E-state index contributed by atoms with van der Waals surface area (Å²) in [5.74, 6) is -0.214. The second kappa shape index (κ2) is 3.50. The first-order valence-corrected chi connectivity index (χ1v) is 6.56. The molecule has 4 rings (SSSR count). The number of para-hydroxylation sites is 1. The molecule has 0 saturated heterocycles. The van der Waals surface area contributed by atoms with E-state index < -0.39 is 0 Å². The minimum absolute atomic E-state index is 0.214. The van der Waals surface area contributed by atoms with E-state index in [1.807, 2.05) is 24.3 Å². The fourth-order valence-corrected chi connectivity index (χ4v) is 3.26. The molecule has 0 aliphatic carbocycles. The summed E-state index contributed by atoms with van der Waals surface area (Å²) in [5.41, 5.74) is 2.97. The molecular weight excluding hydrogens is 245 g/mol. The first kappa shape index (κ1) is 9.97. The summed E-state index contributed by atoms with van der Waals surface area (Å²) in [5, 5.41) is 4.13. The zero-order valence-corrected chi connectivity index (χ0v) is 10.2. The van der Waals surface area contributed by atoms with Gasteiger partial charge in [0.25, 0.3) is 0 Å². The summed E-state index contributed by atoms with van der Waals surface area (Å²) in [6.07, 6.45) is 0. The van der Waals surface area contributed by atoms with Gasteiger partial charge in [-0.1, -0.05) is 18.2 Å². The van der Waals surface area contributed by atoms with Crippen LogP contribution in [0.1, 0.15) is 0 Å². The van der Waals surface area contributed by atoms with E-state index in [9.17, 15) is 4.39 Å². The maximum absolute atomic E-state index is 13.4. The Balaban J connectivity index is 2.25. The fourth-order valence-electron chi connectivity index (χ4n) is 2.34. The average molecular weight is 253 g/mol. The minimum atomic E-state index is -0.214. The third-order valence-corrected chi connectivity index (χ3v) is 4.15. The van der Waals surface area contributed by atoms with Gasteiger partial charge in [0.1, 0.15) is 5.82 Å². The molecule has 1 nitrogen and oxygen atoms in total. The minimum Gasteiger partial charge on any atom is -0.247 e. The number of hydrogen-bond donors (Lipinski definition) is 0. The van der Waals surface area contributed by atoms with Crippen molar-refractivity contribution in [1.82, 2.24) is 4.98 Å². The highest BCUT2D eigenvalue weighted by Gasteiger charge is 2.15. The van der Waals surface area contributed by atoms with Crippen molar-refractivity contribution >= 4 is 32.3 Å². The van der Waals surface area contributed by atoms with Crippen molar-refractivity contribution in [2.45, 2.75) is 0 Å². The summed E-state index contributed by atoms with van der Waals surface area (Å²) in [7, 11) is 0. The van der Waals surface area contributed by atoms with Crippen molar-refractivity contribution in [2.75, 3.05) is 0 Å². The van der Waals surface area contributed by atoms with E-state index in [4.69, 9.17) is 0 Å². The van der Waals surface area contributed by atoms with Crippen molar-refractivity contribution in [1.29, 1.82) is 0 Å². The molecule has 2 aromatic rings. The topological polar surface area (TPSA) is 12.9 Å². The zero-order chi connectivity index (χ0) is 12.1. The highest BCUT2D eigenvalue weighted by Crippen LogP contribution is 2.38. The van der Waals surface area contributed by atoms with E-state index in [0.717, 1.165) is 32.2 Å². The Kier molecular flexibility index (Phi) is 1.94. The standard InChI is InChI=1S/C15H8FNS/c16-9-5-6-14-11(7-9)15-12(8-18-14)10-3-1-2-4-13(10)17-15/h1-8H. The van der Waals surface area contributed by atoms with Crippen LogP contribution in [0.15, 0.2) is 47.8 Å². The van der Waals surface area contributed by atoms with E-state index in [-0.39, 0.29) is 5.82 Å². The van der Waals surface area contributed by atoms with Gasteiger partial charge in [0, 0.05) is 26.4 Å². The van der Waals surface area contributed by atoms with Crippen LogP contribution in [-0.4, -0.2) is 4.98 Å². The van der Waals surface area contributed by atoms with Gasteiger partial charge in [-0.05, 0) is 24.3 Å². The number of rotatable bonds is 0. The van der Waals surface area contributed by atoms with Crippen LogP contribution < -0.4 is 0 Å². The highest BCUT2D eigenvalue weighted by atomic mass is 32.1. The first-order chi connectivity index (χ1) is 8.83. The Labute approximate surface area is 107 Å². The number of fused-ring (bicyclic) bond motifs is 5. The average Bonchev–Trinajstić information content (AvgIpc) is 2.78. The van der Waals surface area contributed by atoms with Crippen LogP contribution in [0.3, 0.4) is 0 Å². The van der Waals surface area contributed by atoms with Crippen LogP contribution in [0.25, 0.3) is 32.2 Å². The molecule has 3 heteroatoms. The quantitative estimate of drug-likeness (QED) is 0.443. The van der Waals surface area contributed by atoms with Crippen molar-refractivity contribution < 1.29 is 4.39 Å². The molecule has 2 heterocycles. The number of hydrogen-bond acceptors (Lipinski definition) is 2. The maximum Gasteiger partial charge on any atom is 0.123 e. The number of benzene rings is 2. The van der Waals surface area contributed by atoms with Gasteiger partial charge in [-0.15, -0.1) is 11.3 Å². The van der Waals surface area contributed by atoms with E-state index in [0.29, 0.717) is 0 Å². The molecule has 0 bridgehead atoms. The lowest BCUT2D eigenvalue weighted by Gasteiger charge is -2.03. The van der Waals surface area contributed by atoms with Gasteiger partial charge in [-0.25, -0.2) is 9.37 Å². The van der Waals surface area contributed by atoms with Crippen molar-refractivity contribution in [3.05, 3.63) is 53.7 Å². The Morgan fingerprint density at radius 3 is 2.83 bits per heavy atom. The fraction of sp³-hybridized carbons (Fsp3) is 0. The van der Waals surface area contributed by atoms with Crippen LogP contribution in [0.4, 0.5) is 4.39 Å². The van der Waals surface area contributed by atoms with Crippen molar-refractivity contribution in [3.8, 4) is 11.3 Å². The number of halogens is 1. The molecular formula is C15H8FNS. The van der Waals surface area contributed by atoms with Crippen molar-refractivity contribution in [2.24, 2.45) is 0 Å². The van der Waals surface area contributed by atoms with Crippen LogP contribution in [0.5, 0.6) is 0 Å². The largest absolute Gasteiger partial charge is 0.247 e. The molecule has 0 amide bonds. The third kappa shape index (κ3) is 1.28. The number of nitrogens with zero attached hydrogens (tertiary/aromatic N) is 1. The summed E-state index contributed by atoms with van der Waals surface area (Å²) < 4.78 is 14.5. The van der Waals surface area contributed by atoms with Crippen LogP contribution in [-0.2, 0) is 0 Å². The molecule has 0 N–H and O–H groups in total. The van der Waals surface area contributed by atoms with E-state index >= 15 is 0 Å². The number of aromatic nitrogens is 1. The zero-order valence-electron chi connectivity index (χ0n) is 9.35. The molecule has 0 radical (unpaired) electrons. The van der Waals surface area contributed by atoms with Crippen molar-refractivity contribution in [3.63, 3.8) is 0 Å². The van der Waals surface area contributed by atoms with Gasteiger partial charge in [0.15, 0.2) is 0 Å². The molecule has 0 aromatic heterocycles. The summed E-state index contributed by atoms with van der Waals surface area (Å²) in [6, 6.07) is 12.9. The third-order valence-electron chi connectivity index (χ3n) is 3.18. The van der Waals surface area contributed by atoms with Gasteiger partial charge in [0.2, 0.25) is 0 Å². The van der Waals surface area contributed by atoms with E-state index in [1.165, 1.54) is 6.07 Å². The van der Waals surface area contributed by atoms with Crippen LogP contribution in [0, 0.1) is 5.82 Å². The summed E-state index contributed by atoms with van der Waals surface area (Å²) in [6.45, 7) is 0. The molecule has 2 aromatic carbocycles. The highest BCUT2D eigenvalue weighted by molar-refractivity contribution is 7.17. The lowest BCUT2D eigenvalue weighted by Crippen LogP contribution is -1.81. The van der Waals surface area contributed by atoms with E-state index in [2.05, 4.69) is 16.4 Å². The van der Waals surface area contributed by atoms with Crippen LogP contribution in [0.2, 0.25) is 0 Å². The molecule has 0 atom stereocenters. The normalized spacial score (nSPS) is 11.6. The molecule has 2 aliphatic rings. The summed E-state index contributed by atoms with van der Waals surface area (Å²) in [4.78, 5) is 4.62. The smallest absolute Gasteiger partial charge is 0.123 e. The molecule has 2 aliphatic heterocycles. The first-order valence-electron chi connectivity index (χ1n) is 5.68. The Morgan fingerprint density at radius 1 is 1.00 bits per heavy atom. The molecule has 0 fully saturated rings. The van der Waals surface area contributed by atoms with Gasteiger partial charge < -0.3 is 0 Å². The lowest BCUT2D eigenvalue weighted by atomic mass is 10.1. The Morgan fingerprint density at radius 2 is 1.89 bits per heavy atom. The Hall–Kier alpha value is -2.00. The monoisotopic (exact) mass is 253 g/mol. The van der Waals surface area contributed by atoms with E-state index in [1.54, 1.807) is 17.4 Å².